The molecule has 0 atom stereocenters. The monoisotopic (exact) mass is 267 g/mol. The molecule has 0 bridgehead atoms. The van der Waals surface area contributed by atoms with Crippen LogP contribution in [0.2, 0.25) is 5.02 Å². The van der Waals surface area contributed by atoms with Gasteiger partial charge in [-0.2, -0.15) is 0 Å². The number of aryl methyl sites for hydroxylation is 1. The van der Waals surface area contributed by atoms with Crippen LogP contribution in [0.1, 0.15) is 5.56 Å². The molecule has 1 nitrogen and oxygen atoms in total. The number of hydrogen-bond acceptors (Lipinski definition) is 1. The van der Waals surface area contributed by atoms with Crippen LogP contribution in [-0.4, -0.2) is 0 Å². The number of nitrogen functional groups attached to an aromatic ring is 1. The summed E-state index contributed by atoms with van der Waals surface area (Å²) in [7, 11) is 0. The average Bonchev–Trinajstić information content (AvgIpc) is 1.93. The zero-order valence-corrected chi connectivity index (χ0v) is 8.40. The van der Waals surface area contributed by atoms with E-state index in [9.17, 15) is 0 Å². The number of halogens is 2. The first-order valence-corrected chi connectivity index (χ1v) is 4.28. The van der Waals surface area contributed by atoms with Crippen LogP contribution in [0.5, 0.6) is 0 Å². The maximum atomic E-state index is 5.90. The number of rotatable bonds is 0. The van der Waals surface area contributed by atoms with Gasteiger partial charge in [-0.05, 0) is 41.1 Å². The Kier molecular flexibility index (Phi) is 2.41. The molecule has 0 unspecified atom stereocenters. The van der Waals surface area contributed by atoms with E-state index in [1.807, 2.05) is 19.1 Å². The van der Waals surface area contributed by atoms with Crippen LogP contribution in [-0.2, 0) is 0 Å². The fraction of sp³-hybridized carbons (Fsp3) is 0.143. The molecule has 3 heteroatoms. The van der Waals surface area contributed by atoms with Crippen LogP contribution < -0.4 is 5.73 Å². The summed E-state index contributed by atoms with van der Waals surface area (Å²) in [5.41, 5.74) is 7.41. The summed E-state index contributed by atoms with van der Waals surface area (Å²) in [6.07, 6.45) is 0. The molecule has 0 amide bonds. The Morgan fingerprint density at radius 3 is 2.60 bits per heavy atom. The summed E-state index contributed by atoms with van der Waals surface area (Å²) in [6.45, 7) is 1.96. The van der Waals surface area contributed by atoms with E-state index in [0.717, 1.165) is 19.8 Å². The topological polar surface area (TPSA) is 26.0 Å². The van der Waals surface area contributed by atoms with Crippen molar-refractivity contribution >= 4 is 39.9 Å². The van der Waals surface area contributed by atoms with Gasteiger partial charge in [0.1, 0.15) is 0 Å². The van der Waals surface area contributed by atoms with E-state index in [0.29, 0.717) is 0 Å². The predicted molar refractivity (Wildman–Crippen MR) is 53.3 cm³/mol. The van der Waals surface area contributed by atoms with Gasteiger partial charge in [-0.1, -0.05) is 17.7 Å². The number of hydrogen-bond donors (Lipinski definition) is 1. The normalized spacial score (nSPS) is 9.90. The summed E-state index contributed by atoms with van der Waals surface area (Å²) < 4.78 is 0.944. The summed E-state index contributed by atoms with van der Waals surface area (Å²) in [5.74, 6) is 0. The first-order chi connectivity index (χ1) is 4.63. The summed E-state index contributed by atoms with van der Waals surface area (Å²) in [5, 5.41) is 0.764. The summed E-state index contributed by atoms with van der Waals surface area (Å²) in [4.78, 5) is 0. The van der Waals surface area contributed by atoms with Gasteiger partial charge in [0.2, 0.25) is 0 Å². The fourth-order valence-corrected chi connectivity index (χ4v) is 1.44. The third kappa shape index (κ3) is 1.37. The lowest BCUT2D eigenvalue weighted by atomic mass is 10.2. The lowest BCUT2D eigenvalue weighted by Gasteiger charge is -2.02. The molecule has 1 aromatic carbocycles. The van der Waals surface area contributed by atoms with Gasteiger partial charge in [-0.15, -0.1) is 0 Å². The first-order valence-electron chi connectivity index (χ1n) is 2.83. The zero-order valence-electron chi connectivity index (χ0n) is 5.49. The number of anilines is 1. The zero-order chi connectivity index (χ0) is 7.72. The van der Waals surface area contributed by atoms with Crippen LogP contribution >= 0.6 is 34.2 Å². The van der Waals surface area contributed by atoms with Crippen molar-refractivity contribution in [3.8, 4) is 0 Å². The van der Waals surface area contributed by atoms with Gasteiger partial charge in [0.15, 0.2) is 0 Å². The standard InChI is InChI=1S/C7H7ClIN/c1-4-2-3-5(10)7(9)6(4)8/h2-3H,10H2,1H3. The Morgan fingerprint density at radius 1 is 1.50 bits per heavy atom. The van der Waals surface area contributed by atoms with Gasteiger partial charge >= 0.3 is 0 Å². The third-order valence-corrected chi connectivity index (χ3v) is 3.27. The first kappa shape index (κ1) is 8.14. The molecule has 54 valence electrons. The van der Waals surface area contributed by atoms with Crippen molar-refractivity contribution in [1.29, 1.82) is 0 Å². The molecule has 0 saturated heterocycles. The van der Waals surface area contributed by atoms with Crippen LogP contribution in [0.15, 0.2) is 12.1 Å². The maximum Gasteiger partial charge on any atom is 0.0589 e. The predicted octanol–water partition coefficient (Wildman–Crippen LogP) is 2.84. The highest BCUT2D eigenvalue weighted by Gasteiger charge is 2.02. The van der Waals surface area contributed by atoms with E-state index in [-0.39, 0.29) is 0 Å². The van der Waals surface area contributed by atoms with E-state index < -0.39 is 0 Å². The molecule has 0 heterocycles. The SMILES string of the molecule is Cc1ccc(N)c(I)c1Cl. The van der Waals surface area contributed by atoms with Crippen molar-refractivity contribution in [3.05, 3.63) is 26.3 Å². The molecular formula is C7H7ClIN. The van der Waals surface area contributed by atoms with Crippen LogP contribution in [0.3, 0.4) is 0 Å². The quantitative estimate of drug-likeness (QED) is 0.568. The Bertz CT molecular complexity index is 233. The molecule has 0 radical (unpaired) electrons. The molecule has 0 fully saturated rings. The summed E-state index contributed by atoms with van der Waals surface area (Å²) in [6, 6.07) is 3.78. The number of nitrogens with two attached hydrogens (primary N) is 1. The van der Waals surface area contributed by atoms with Crippen LogP contribution in [0.25, 0.3) is 0 Å². The minimum Gasteiger partial charge on any atom is -0.398 e. The van der Waals surface area contributed by atoms with Crippen molar-refractivity contribution in [3.63, 3.8) is 0 Å². The Labute approximate surface area is 78.7 Å². The van der Waals surface area contributed by atoms with E-state index in [4.69, 9.17) is 17.3 Å². The minimum absolute atomic E-state index is 0.746. The second-order valence-corrected chi connectivity index (χ2v) is 3.56. The molecule has 0 aliphatic carbocycles. The molecule has 0 aromatic heterocycles. The van der Waals surface area contributed by atoms with Gasteiger partial charge in [0.05, 0.1) is 8.59 Å². The minimum atomic E-state index is 0.746. The molecule has 1 aromatic rings. The van der Waals surface area contributed by atoms with E-state index >= 15 is 0 Å². The highest BCUT2D eigenvalue weighted by Crippen LogP contribution is 2.26. The van der Waals surface area contributed by atoms with Gasteiger partial charge in [0, 0.05) is 5.69 Å². The summed E-state index contributed by atoms with van der Waals surface area (Å²) >= 11 is 8.03. The van der Waals surface area contributed by atoms with Crippen molar-refractivity contribution in [2.24, 2.45) is 0 Å². The van der Waals surface area contributed by atoms with E-state index in [1.54, 1.807) is 0 Å². The molecule has 1 rings (SSSR count). The van der Waals surface area contributed by atoms with Crippen LogP contribution in [0, 0.1) is 10.5 Å². The average molecular weight is 267 g/mol. The van der Waals surface area contributed by atoms with Crippen molar-refractivity contribution < 1.29 is 0 Å². The van der Waals surface area contributed by atoms with Crippen molar-refractivity contribution in [1.82, 2.24) is 0 Å². The second-order valence-electron chi connectivity index (χ2n) is 2.10. The van der Waals surface area contributed by atoms with Gasteiger partial charge in [0.25, 0.3) is 0 Å². The Hall–Kier alpha value is 0.0400. The number of benzene rings is 1. The maximum absolute atomic E-state index is 5.90. The molecule has 0 saturated carbocycles. The molecule has 2 N–H and O–H groups in total. The Morgan fingerprint density at radius 2 is 2.10 bits per heavy atom. The lowest BCUT2D eigenvalue weighted by molar-refractivity contribution is 1.45. The molecule has 10 heavy (non-hydrogen) atoms. The fourth-order valence-electron chi connectivity index (χ4n) is 0.661. The van der Waals surface area contributed by atoms with Gasteiger partial charge in [-0.25, -0.2) is 0 Å². The smallest absolute Gasteiger partial charge is 0.0589 e. The lowest BCUT2D eigenvalue weighted by Crippen LogP contribution is -1.90. The molecular weight excluding hydrogens is 260 g/mol. The van der Waals surface area contributed by atoms with Gasteiger partial charge in [-0.3, -0.25) is 0 Å². The van der Waals surface area contributed by atoms with Crippen LogP contribution in [0.4, 0.5) is 5.69 Å². The van der Waals surface area contributed by atoms with E-state index in [2.05, 4.69) is 22.6 Å². The third-order valence-electron chi connectivity index (χ3n) is 1.31. The highest BCUT2D eigenvalue weighted by molar-refractivity contribution is 14.1. The van der Waals surface area contributed by atoms with E-state index in [1.165, 1.54) is 0 Å². The van der Waals surface area contributed by atoms with Gasteiger partial charge < -0.3 is 5.73 Å². The Balaban J connectivity index is 3.34. The second kappa shape index (κ2) is 2.96. The highest BCUT2D eigenvalue weighted by atomic mass is 127. The van der Waals surface area contributed by atoms with Crippen molar-refractivity contribution in [2.75, 3.05) is 5.73 Å². The molecule has 0 aliphatic heterocycles. The largest absolute Gasteiger partial charge is 0.398 e. The van der Waals surface area contributed by atoms with Crippen molar-refractivity contribution in [2.45, 2.75) is 6.92 Å². The molecule has 0 spiro atoms. The molecule has 0 aliphatic rings.